The molecule has 0 N–H and O–H groups in total. The Hall–Kier alpha value is -4.02. The van der Waals surface area contributed by atoms with Gasteiger partial charge in [-0.15, -0.1) is 0 Å². The van der Waals surface area contributed by atoms with Crippen LogP contribution in [0.2, 0.25) is 0 Å². The number of piperidine rings is 1. The summed E-state index contributed by atoms with van der Waals surface area (Å²) in [6, 6.07) is 8.78. The molecule has 4 aromatic rings. The number of aromatic nitrogens is 5. The second kappa shape index (κ2) is 8.97. The predicted octanol–water partition coefficient (Wildman–Crippen LogP) is 4.28. The van der Waals surface area contributed by atoms with Gasteiger partial charge < -0.3 is 9.64 Å². The van der Waals surface area contributed by atoms with Crippen molar-refractivity contribution in [1.29, 1.82) is 0 Å². The van der Waals surface area contributed by atoms with E-state index in [0.717, 1.165) is 10.6 Å². The van der Waals surface area contributed by atoms with Gasteiger partial charge in [0, 0.05) is 36.4 Å². The van der Waals surface area contributed by atoms with E-state index in [9.17, 15) is 18.0 Å². The van der Waals surface area contributed by atoms with Crippen molar-refractivity contribution in [3.05, 3.63) is 72.6 Å². The minimum Gasteiger partial charge on any atom is -0.470 e. The van der Waals surface area contributed by atoms with Crippen molar-refractivity contribution in [3.8, 4) is 17.3 Å². The zero-order valence-electron chi connectivity index (χ0n) is 18.7. The SMILES string of the molecule is C[C@@H]1CC[C@@H](Oc2nccn3c(C(F)(F)F)cnc23)CN1C(=O)c1ccccc1-c1ncccn1. The van der Waals surface area contributed by atoms with Gasteiger partial charge in [-0.25, -0.2) is 19.9 Å². The van der Waals surface area contributed by atoms with Crippen LogP contribution in [0.1, 0.15) is 35.8 Å². The third-order valence-corrected chi connectivity index (χ3v) is 6.03. The number of hydrogen-bond acceptors (Lipinski definition) is 6. The molecular formula is C24H21F3N6O2. The monoisotopic (exact) mass is 482 g/mol. The maximum atomic E-state index is 13.6. The topological polar surface area (TPSA) is 85.5 Å². The largest absolute Gasteiger partial charge is 0.470 e. The molecule has 1 saturated heterocycles. The van der Waals surface area contributed by atoms with Crippen molar-refractivity contribution in [2.45, 2.75) is 38.1 Å². The number of alkyl halides is 3. The Kier molecular flexibility index (Phi) is 5.83. The number of nitrogens with zero attached hydrogens (tertiary/aromatic N) is 6. The van der Waals surface area contributed by atoms with Gasteiger partial charge in [-0.1, -0.05) is 18.2 Å². The maximum absolute atomic E-state index is 13.6. The van der Waals surface area contributed by atoms with E-state index in [1.165, 1.54) is 12.4 Å². The van der Waals surface area contributed by atoms with Gasteiger partial charge in [-0.2, -0.15) is 13.2 Å². The molecule has 180 valence electrons. The lowest BCUT2D eigenvalue weighted by molar-refractivity contribution is -0.141. The van der Waals surface area contributed by atoms with Gasteiger partial charge in [0.05, 0.1) is 18.3 Å². The average molecular weight is 482 g/mol. The van der Waals surface area contributed by atoms with Gasteiger partial charge >= 0.3 is 6.18 Å². The number of hydrogen-bond donors (Lipinski definition) is 0. The first-order chi connectivity index (χ1) is 16.8. The van der Waals surface area contributed by atoms with Gasteiger partial charge in [0.1, 0.15) is 11.8 Å². The molecule has 0 spiro atoms. The van der Waals surface area contributed by atoms with Crippen LogP contribution in [0.5, 0.6) is 5.88 Å². The fraction of sp³-hybridized carbons (Fsp3) is 0.292. The van der Waals surface area contributed by atoms with Crippen LogP contribution in [-0.2, 0) is 6.18 Å². The normalized spacial score (nSPS) is 18.6. The predicted molar refractivity (Wildman–Crippen MR) is 120 cm³/mol. The highest BCUT2D eigenvalue weighted by Gasteiger charge is 2.36. The molecule has 0 unspecified atom stereocenters. The Morgan fingerprint density at radius 2 is 1.80 bits per heavy atom. The maximum Gasteiger partial charge on any atom is 0.433 e. The number of carbonyl (C=O) groups is 1. The molecule has 3 aromatic heterocycles. The first-order valence-corrected chi connectivity index (χ1v) is 11.1. The van der Waals surface area contributed by atoms with Crippen LogP contribution in [0, 0.1) is 0 Å². The molecule has 1 aromatic carbocycles. The van der Waals surface area contributed by atoms with Crippen LogP contribution in [0.25, 0.3) is 17.0 Å². The van der Waals surface area contributed by atoms with E-state index in [1.807, 2.05) is 13.0 Å². The second-order valence-electron chi connectivity index (χ2n) is 8.31. The Bertz CT molecular complexity index is 1360. The molecule has 0 aliphatic carbocycles. The lowest BCUT2D eigenvalue weighted by Gasteiger charge is -2.38. The summed E-state index contributed by atoms with van der Waals surface area (Å²) in [5.74, 6) is 0.248. The summed E-state index contributed by atoms with van der Waals surface area (Å²) in [5.41, 5.74) is 0.155. The molecule has 0 radical (unpaired) electrons. The number of likely N-dealkylation sites (tertiary alicyclic amines) is 1. The summed E-state index contributed by atoms with van der Waals surface area (Å²) in [6.45, 7) is 2.21. The number of fused-ring (bicyclic) bond motifs is 1. The molecule has 4 heterocycles. The number of carbonyl (C=O) groups excluding carboxylic acids is 1. The van der Waals surface area contributed by atoms with Gasteiger partial charge in [0.2, 0.25) is 5.65 Å². The summed E-state index contributed by atoms with van der Waals surface area (Å²) in [6.07, 6.45) is 2.68. The van der Waals surface area contributed by atoms with Crippen molar-refractivity contribution in [2.24, 2.45) is 0 Å². The van der Waals surface area contributed by atoms with Crippen molar-refractivity contribution >= 4 is 11.6 Å². The second-order valence-corrected chi connectivity index (χ2v) is 8.31. The van der Waals surface area contributed by atoms with Crippen LogP contribution >= 0.6 is 0 Å². The van der Waals surface area contributed by atoms with Gasteiger partial charge in [-0.05, 0) is 31.9 Å². The van der Waals surface area contributed by atoms with Crippen LogP contribution in [0.3, 0.4) is 0 Å². The van der Waals surface area contributed by atoms with Crippen LogP contribution in [0.15, 0.2) is 61.3 Å². The van der Waals surface area contributed by atoms with E-state index in [0.29, 0.717) is 29.8 Å². The van der Waals surface area contributed by atoms with Crippen molar-refractivity contribution in [1.82, 2.24) is 29.2 Å². The number of halogens is 3. The van der Waals surface area contributed by atoms with Gasteiger partial charge in [0.25, 0.3) is 11.8 Å². The van der Waals surface area contributed by atoms with E-state index < -0.39 is 18.0 Å². The summed E-state index contributed by atoms with van der Waals surface area (Å²) in [4.78, 5) is 31.8. The van der Waals surface area contributed by atoms with E-state index in [2.05, 4.69) is 19.9 Å². The molecule has 2 atom stereocenters. The van der Waals surface area contributed by atoms with Gasteiger partial charge in [0.15, 0.2) is 5.82 Å². The number of rotatable bonds is 4. The summed E-state index contributed by atoms with van der Waals surface area (Å²) >= 11 is 0. The highest BCUT2D eigenvalue weighted by Crippen LogP contribution is 2.32. The Balaban J connectivity index is 1.40. The lowest BCUT2D eigenvalue weighted by Crippen LogP contribution is -2.49. The minimum atomic E-state index is -4.56. The minimum absolute atomic E-state index is 0.00645. The molecule has 1 fully saturated rings. The quantitative estimate of drug-likeness (QED) is 0.432. The third-order valence-electron chi connectivity index (χ3n) is 6.03. The van der Waals surface area contributed by atoms with E-state index in [-0.39, 0.29) is 30.0 Å². The van der Waals surface area contributed by atoms with Crippen LogP contribution in [0.4, 0.5) is 13.2 Å². The summed E-state index contributed by atoms with van der Waals surface area (Å²) in [5, 5.41) is 0. The van der Waals surface area contributed by atoms with Gasteiger partial charge in [-0.3, -0.25) is 9.20 Å². The van der Waals surface area contributed by atoms with Crippen molar-refractivity contribution in [2.75, 3.05) is 6.54 Å². The summed E-state index contributed by atoms with van der Waals surface area (Å²) < 4.78 is 46.7. The summed E-state index contributed by atoms with van der Waals surface area (Å²) in [7, 11) is 0. The molecule has 0 saturated carbocycles. The highest BCUT2D eigenvalue weighted by molar-refractivity contribution is 6.00. The smallest absolute Gasteiger partial charge is 0.433 e. The number of amides is 1. The molecule has 35 heavy (non-hydrogen) atoms. The van der Waals surface area contributed by atoms with Crippen molar-refractivity contribution < 1.29 is 22.7 Å². The van der Waals surface area contributed by atoms with Crippen LogP contribution < -0.4 is 4.74 Å². The number of ether oxygens (including phenoxy) is 1. The number of benzene rings is 1. The zero-order chi connectivity index (χ0) is 24.6. The lowest BCUT2D eigenvalue weighted by atomic mass is 9.98. The molecule has 1 aliphatic rings. The fourth-order valence-corrected chi connectivity index (χ4v) is 4.26. The molecule has 5 rings (SSSR count). The first kappa shape index (κ1) is 22.8. The Morgan fingerprint density at radius 3 is 2.57 bits per heavy atom. The third kappa shape index (κ3) is 4.41. The van der Waals surface area contributed by atoms with Crippen LogP contribution in [-0.4, -0.2) is 53.8 Å². The standard InChI is InChI=1S/C24H21F3N6O2/c1-15-7-8-16(35-22-21-31-13-19(24(25,26)27)32(21)12-11-30-22)14-33(15)23(34)18-6-3-2-5-17(18)20-28-9-4-10-29-20/h2-6,9-13,15-16H,7-8,14H2,1H3/t15-,16-/m1/s1. The molecule has 1 amide bonds. The molecule has 1 aliphatic heterocycles. The fourth-order valence-electron chi connectivity index (χ4n) is 4.26. The molecule has 0 bridgehead atoms. The average Bonchev–Trinajstić information content (AvgIpc) is 3.31. The Morgan fingerprint density at radius 1 is 1.03 bits per heavy atom. The first-order valence-electron chi connectivity index (χ1n) is 11.1. The van der Waals surface area contributed by atoms with E-state index >= 15 is 0 Å². The molecule has 8 nitrogen and oxygen atoms in total. The molecule has 11 heteroatoms. The zero-order valence-corrected chi connectivity index (χ0v) is 18.7. The Labute approximate surface area is 198 Å². The number of imidazole rings is 1. The highest BCUT2D eigenvalue weighted by atomic mass is 19.4. The van der Waals surface area contributed by atoms with E-state index in [1.54, 1.807) is 41.6 Å². The molecular weight excluding hydrogens is 461 g/mol. The van der Waals surface area contributed by atoms with Crippen molar-refractivity contribution in [3.63, 3.8) is 0 Å². The van der Waals surface area contributed by atoms with E-state index in [4.69, 9.17) is 4.74 Å².